The van der Waals surface area contributed by atoms with E-state index in [2.05, 4.69) is 23.2 Å². The van der Waals surface area contributed by atoms with E-state index in [4.69, 9.17) is 0 Å². The third kappa shape index (κ3) is 1.67. The fraction of sp³-hybridized carbons (Fsp3) is 0.500. The largest absolute Gasteiger partial charge is 0.508 e. The number of aromatic hydroxyl groups is 1. The number of hydrogen-bond donors (Lipinski definition) is 2. The number of fused-ring (bicyclic) bond motifs is 1. The number of phenolic OH excluding ortho intramolecular Hbond substituents is 1. The average molecular weight is 206 g/mol. The highest BCUT2D eigenvalue weighted by atomic mass is 16.3. The smallest absolute Gasteiger partial charge is 0.120 e. The van der Waals surface area contributed by atoms with E-state index in [-0.39, 0.29) is 0 Å². The van der Waals surface area contributed by atoms with Crippen molar-refractivity contribution in [2.75, 3.05) is 25.0 Å². The van der Waals surface area contributed by atoms with Gasteiger partial charge in [-0.25, -0.2) is 0 Å². The van der Waals surface area contributed by atoms with Crippen LogP contribution < -0.4 is 10.2 Å². The van der Waals surface area contributed by atoms with Gasteiger partial charge in [-0.2, -0.15) is 0 Å². The Kier molecular flexibility index (Phi) is 2.82. The Hall–Kier alpha value is -1.22. The zero-order valence-electron chi connectivity index (χ0n) is 9.33. The first kappa shape index (κ1) is 10.3. The van der Waals surface area contributed by atoms with Gasteiger partial charge in [0.05, 0.1) is 0 Å². The Labute approximate surface area is 90.7 Å². The standard InChI is InChI=1S/C12H18N2O/c1-3-14-9(8-13-2)7-10-11(14)5-4-6-12(10)15/h4-6,9,13,15H,3,7-8H2,1-2H3. The van der Waals surface area contributed by atoms with Gasteiger partial charge in [0.1, 0.15) is 5.75 Å². The Balaban J connectivity index is 2.32. The van der Waals surface area contributed by atoms with Gasteiger partial charge in [-0.15, -0.1) is 0 Å². The van der Waals surface area contributed by atoms with Crippen LogP contribution in [0.15, 0.2) is 18.2 Å². The molecule has 3 nitrogen and oxygen atoms in total. The topological polar surface area (TPSA) is 35.5 Å². The molecule has 1 heterocycles. The lowest BCUT2D eigenvalue weighted by Gasteiger charge is -2.25. The maximum atomic E-state index is 9.78. The molecular formula is C12H18N2O. The fourth-order valence-electron chi connectivity index (χ4n) is 2.43. The molecule has 1 aliphatic heterocycles. The second-order valence-electron chi connectivity index (χ2n) is 3.98. The third-order valence-corrected chi connectivity index (χ3v) is 3.10. The van der Waals surface area contributed by atoms with Gasteiger partial charge in [0.2, 0.25) is 0 Å². The number of anilines is 1. The normalized spacial score (nSPS) is 19.3. The molecule has 0 spiro atoms. The van der Waals surface area contributed by atoms with E-state index in [1.807, 2.05) is 13.1 Å². The van der Waals surface area contributed by atoms with Crippen molar-refractivity contribution in [3.05, 3.63) is 23.8 Å². The summed E-state index contributed by atoms with van der Waals surface area (Å²) in [6, 6.07) is 6.25. The average Bonchev–Trinajstić information content (AvgIpc) is 2.58. The first-order chi connectivity index (χ1) is 7.27. The molecule has 0 bridgehead atoms. The number of nitrogens with zero attached hydrogens (tertiary/aromatic N) is 1. The van der Waals surface area contributed by atoms with Crippen LogP contribution in [0.5, 0.6) is 5.75 Å². The molecule has 0 amide bonds. The molecule has 2 rings (SSSR count). The monoisotopic (exact) mass is 206 g/mol. The molecule has 0 saturated heterocycles. The predicted octanol–water partition coefficient (Wildman–Crippen LogP) is 1.36. The molecule has 1 unspecified atom stereocenters. The van der Waals surface area contributed by atoms with Crippen molar-refractivity contribution in [3.8, 4) is 5.75 Å². The molecule has 0 radical (unpaired) electrons. The summed E-state index contributed by atoms with van der Waals surface area (Å²) in [6.45, 7) is 4.10. The van der Waals surface area contributed by atoms with Crippen molar-refractivity contribution >= 4 is 5.69 Å². The molecule has 1 aromatic carbocycles. The van der Waals surface area contributed by atoms with Gasteiger partial charge >= 0.3 is 0 Å². The summed E-state index contributed by atoms with van der Waals surface area (Å²) in [4.78, 5) is 2.35. The van der Waals surface area contributed by atoms with Crippen LogP contribution in [0.4, 0.5) is 5.69 Å². The number of likely N-dealkylation sites (N-methyl/N-ethyl adjacent to an activating group) is 2. The summed E-state index contributed by atoms with van der Waals surface area (Å²) in [6.07, 6.45) is 0.941. The first-order valence-corrected chi connectivity index (χ1v) is 5.50. The van der Waals surface area contributed by atoms with Gasteiger partial charge in [0, 0.05) is 30.4 Å². The van der Waals surface area contributed by atoms with Crippen molar-refractivity contribution in [1.29, 1.82) is 0 Å². The zero-order chi connectivity index (χ0) is 10.8. The number of nitrogens with one attached hydrogen (secondary N) is 1. The number of rotatable bonds is 3. The van der Waals surface area contributed by atoms with Gasteiger partial charge in [-0.05, 0) is 32.5 Å². The molecule has 0 aromatic heterocycles. The molecule has 15 heavy (non-hydrogen) atoms. The summed E-state index contributed by atoms with van der Waals surface area (Å²) < 4.78 is 0. The van der Waals surface area contributed by atoms with E-state index in [9.17, 15) is 5.11 Å². The minimum atomic E-state index is 0.435. The van der Waals surface area contributed by atoms with Gasteiger partial charge in [-0.1, -0.05) is 6.07 Å². The summed E-state index contributed by atoms with van der Waals surface area (Å²) in [5.41, 5.74) is 2.29. The van der Waals surface area contributed by atoms with E-state index in [0.29, 0.717) is 11.8 Å². The third-order valence-electron chi connectivity index (χ3n) is 3.10. The summed E-state index contributed by atoms with van der Waals surface area (Å²) in [5.74, 6) is 0.435. The molecule has 0 fully saturated rings. The van der Waals surface area contributed by atoms with Crippen LogP contribution in [0.2, 0.25) is 0 Å². The quantitative estimate of drug-likeness (QED) is 0.784. The minimum absolute atomic E-state index is 0.435. The molecule has 2 N–H and O–H groups in total. The molecule has 1 atom stereocenters. The second kappa shape index (κ2) is 4.11. The first-order valence-electron chi connectivity index (χ1n) is 5.50. The molecule has 0 saturated carbocycles. The lowest BCUT2D eigenvalue weighted by atomic mass is 10.1. The highest BCUT2D eigenvalue weighted by Gasteiger charge is 2.29. The predicted molar refractivity (Wildman–Crippen MR) is 62.5 cm³/mol. The zero-order valence-corrected chi connectivity index (χ0v) is 9.33. The summed E-state index contributed by atoms with van der Waals surface area (Å²) >= 11 is 0. The Bertz CT molecular complexity index is 351. The Morgan fingerprint density at radius 2 is 2.33 bits per heavy atom. The number of hydrogen-bond acceptors (Lipinski definition) is 3. The molecule has 1 aliphatic rings. The molecule has 82 valence electrons. The number of benzene rings is 1. The van der Waals surface area contributed by atoms with Crippen LogP contribution in [0.25, 0.3) is 0 Å². The van der Waals surface area contributed by atoms with E-state index in [0.717, 1.165) is 25.1 Å². The van der Waals surface area contributed by atoms with Gasteiger partial charge in [0.15, 0.2) is 0 Å². The highest BCUT2D eigenvalue weighted by molar-refractivity contribution is 5.64. The fourth-order valence-corrected chi connectivity index (χ4v) is 2.43. The Morgan fingerprint density at radius 1 is 1.53 bits per heavy atom. The SMILES string of the molecule is CCN1c2cccc(O)c2CC1CNC. The van der Waals surface area contributed by atoms with Crippen LogP contribution in [0.1, 0.15) is 12.5 Å². The number of phenols is 1. The van der Waals surface area contributed by atoms with Crippen molar-refractivity contribution in [1.82, 2.24) is 5.32 Å². The van der Waals surface area contributed by atoms with Crippen molar-refractivity contribution in [2.45, 2.75) is 19.4 Å². The van der Waals surface area contributed by atoms with Crippen LogP contribution in [0.3, 0.4) is 0 Å². The van der Waals surface area contributed by atoms with Gasteiger partial charge < -0.3 is 15.3 Å². The summed E-state index contributed by atoms with van der Waals surface area (Å²) in [7, 11) is 1.97. The maximum Gasteiger partial charge on any atom is 0.120 e. The van der Waals surface area contributed by atoms with E-state index in [1.165, 1.54) is 5.69 Å². The molecule has 3 heteroatoms. The van der Waals surface area contributed by atoms with Crippen LogP contribution in [-0.2, 0) is 6.42 Å². The van der Waals surface area contributed by atoms with E-state index >= 15 is 0 Å². The van der Waals surface area contributed by atoms with Crippen molar-refractivity contribution in [3.63, 3.8) is 0 Å². The summed E-state index contributed by atoms with van der Waals surface area (Å²) in [5, 5.41) is 13.0. The highest BCUT2D eigenvalue weighted by Crippen LogP contribution is 2.37. The maximum absolute atomic E-state index is 9.78. The molecular weight excluding hydrogens is 188 g/mol. The van der Waals surface area contributed by atoms with E-state index < -0.39 is 0 Å². The van der Waals surface area contributed by atoms with Crippen molar-refractivity contribution in [2.24, 2.45) is 0 Å². The molecule has 1 aromatic rings. The van der Waals surface area contributed by atoms with Crippen molar-refractivity contribution < 1.29 is 5.11 Å². The van der Waals surface area contributed by atoms with E-state index in [1.54, 1.807) is 6.07 Å². The molecule has 0 aliphatic carbocycles. The van der Waals surface area contributed by atoms with Gasteiger partial charge in [-0.3, -0.25) is 0 Å². The van der Waals surface area contributed by atoms with Crippen LogP contribution in [-0.4, -0.2) is 31.3 Å². The van der Waals surface area contributed by atoms with Crippen LogP contribution >= 0.6 is 0 Å². The lowest BCUT2D eigenvalue weighted by molar-refractivity contribution is 0.468. The Morgan fingerprint density at radius 3 is 3.00 bits per heavy atom. The second-order valence-corrected chi connectivity index (χ2v) is 3.98. The lowest BCUT2D eigenvalue weighted by Crippen LogP contribution is -2.38. The van der Waals surface area contributed by atoms with Crippen LogP contribution in [0, 0.1) is 0 Å². The minimum Gasteiger partial charge on any atom is -0.508 e. The van der Waals surface area contributed by atoms with Gasteiger partial charge in [0.25, 0.3) is 0 Å².